The van der Waals surface area contributed by atoms with Crippen LogP contribution in [-0.4, -0.2) is 38.5 Å². The van der Waals surface area contributed by atoms with Gasteiger partial charge in [-0.05, 0) is 104 Å². The van der Waals surface area contributed by atoms with Crippen LogP contribution in [0.4, 0.5) is 13.2 Å². The average Bonchev–Trinajstić information content (AvgIpc) is 3.25. The van der Waals surface area contributed by atoms with Crippen LogP contribution in [0.15, 0.2) is 0 Å². The summed E-state index contributed by atoms with van der Waals surface area (Å²) in [5.74, 6) is 3.00. The Hall–Kier alpha value is -0.380. The molecule has 0 N–H and O–H groups in total. The first-order chi connectivity index (χ1) is 17.2. The Kier molecular flexibility index (Phi) is 6.21. The van der Waals surface area contributed by atoms with Gasteiger partial charge in [0.05, 0.1) is 18.8 Å². The van der Waals surface area contributed by atoms with E-state index < -0.39 is 27.5 Å². The molecule has 6 fully saturated rings. The molecule has 4 saturated carbocycles. The van der Waals surface area contributed by atoms with Crippen LogP contribution in [0.3, 0.4) is 0 Å². The summed E-state index contributed by atoms with van der Waals surface area (Å²) in [6.45, 7) is 10.2. The minimum absolute atomic E-state index is 0.0279. The highest BCUT2D eigenvalue weighted by molar-refractivity contribution is 7.87. The molecule has 1 spiro atoms. The van der Waals surface area contributed by atoms with Gasteiger partial charge in [0.1, 0.15) is 0 Å². The Balaban J connectivity index is 1.17. The van der Waals surface area contributed by atoms with Gasteiger partial charge in [-0.15, -0.1) is 0 Å². The first kappa shape index (κ1) is 26.8. The summed E-state index contributed by atoms with van der Waals surface area (Å²) in [5.41, 5.74) is -5.11. The number of fused-ring (bicyclic) bond motifs is 7. The molecule has 0 aromatic rings. The SMILES string of the molecule is C[C@@H]1CCC2(OC1)OC1CC3C4CCC5C[C@@H](OS(=O)(=O)C(F)(F)F)CC[C@]5(C)C4CC[C@]3(C)C1[C@@H]2C. The van der Waals surface area contributed by atoms with E-state index in [1.807, 2.05) is 0 Å². The summed E-state index contributed by atoms with van der Waals surface area (Å²) in [4.78, 5) is 0. The maximum atomic E-state index is 12.9. The highest BCUT2D eigenvalue weighted by Gasteiger charge is 2.69. The van der Waals surface area contributed by atoms with E-state index in [9.17, 15) is 21.6 Å². The predicted molar refractivity (Wildman–Crippen MR) is 132 cm³/mol. The summed E-state index contributed by atoms with van der Waals surface area (Å²) >= 11 is 0. The van der Waals surface area contributed by atoms with Crippen LogP contribution in [0, 0.1) is 52.3 Å². The number of halogens is 3. The third-order valence-electron chi connectivity index (χ3n) is 12.4. The van der Waals surface area contributed by atoms with E-state index in [2.05, 4.69) is 27.7 Å². The van der Waals surface area contributed by atoms with Crippen LogP contribution in [0.25, 0.3) is 0 Å². The number of alkyl halides is 3. The van der Waals surface area contributed by atoms with Crippen molar-refractivity contribution < 1.29 is 35.2 Å². The zero-order valence-electron chi connectivity index (χ0n) is 22.6. The first-order valence-corrected chi connectivity index (χ1v) is 15.9. The van der Waals surface area contributed by atoms with Gasteiger partial charge in [0.25, 0.3) is 0 Å². The summed E-state index contributed by atoms with van der Waals surface area (Å²) in [7, 11) is -5.55. The molecule has 0 radical (unpaired) electrons. The molecule has 5 nitrogen and oxygen atoms in total. The van der Waals surface area contributed by atoms with Crippen molar-refractivity contribution in [3.63, 3.8) is 0 Å². The average molecular weight is 549 g/mol. The second kappa shape index (κ2) is 8.56. The number of ether oxygens (including phenoxy) is 2. The molecule has 2 aliphatic heterocycles. The topological polar surface area (TPSA) is 61.8 Å². The highest BCUT2D eigenvalue weighted by atomic mass is 32.2. The van der Waals surface area contributed by atoms with E-state index in [4.69, 9.17) is 13.7 Å². The van der Waals surface area contributed by atoms with Gasteiger partial charge in [-0.3, -0.25) is 4.18 Å². The van der Waals surface area contributed by atoms with Gasteiger partial charge in [-0.25, -0.2) is 0 Å². The molecular weight excluding hydrogens is 505 g/mol. The fraction of sp³-hybridized carbons (Fsp3) is 1.00. The van der Waals surface area contributed by atoms with E-state index >= 15 is 0 Å². The van der Waals surface area contributed by atoms with Crippen molar-refractivity contribution in [2.75, 3.05) is 6.61 Å². The van der Waals surface area contributed by atoms with E-state index in [1.165, 1.54) is 0 Å². The van der Waals surface area contributed by atoms with E-state index in [1.54, 1.807) is 0 Å². The Morgan fingerprint density at radius 2 is 1.62 bits per heavy atom. The highest BCUT2D eigenvalue weighted by Crippen LogP contribution is 2.71. The fourth-order valence-electron chi connectivity index (χ4n) is 10.6. The van der Waals surface area contributed by atoms with Crippen molar-refractivity contribution in [3.05, 3.63) is 0 Å². The third kappa shape index (κ3) is 3.90. The maximum Gasteiger partial charge on any atom is 0.523 e. The van der Waals surface area contributed by atoms with Crippen molar-refractivity contribution >= 4 is 10.1 Å². The van der Waals surface area contributed by atoms with E-state index in [-0.39, 0.29) is 22.9 Å². The first-order valence-electron chi connectivity index (χ1n) is 14.5. The monoisotopic (exact) mass is 548 g/mol. The van der Waals surface area contributed by atoms with Crippen LogP contribution in [0.5, 0.6) is 0 Å². The summed E-state index contributed by atoms with van der Waals surface area (Å²) in [6, 6.07) is 0. The number of hydrogen-bond donors (Lipinski definition) is 0. The van der Waals surface area contributed by atoms with Crippen molar-refractivity contribution in [1.29, 1.82) is 0 Å². The van der Waals surface area contributed by atoms with Gasteiger partial charge in [-0.1, -0.05) is 27.7 Å². The van der Waals surface area contributed by atoms with Crippen LogP contribution < -0.4 is 0 Å². The quantitative estimate of drug-likeness (QED) is 0.285. The molecule has 0 aromatic carbocycles. The molecule has 12 atom stereocenters. The lowest BCUT2D eigenvalue weighted by Gasteiger charge is -2.61. The molecule has 9 heteroatoms. The second-order valence-electron chi connectivity index (χ2n) is 14.1. The smallest absolute Gasteiger partial charge is 0.349 e. The zero-order valence-corrected chi connectivity index (χ0v) is 23.4. The molecule has 6 aliphatic rings. The number of rotatable bonds is 2. The maximum absolute atomic E-state index is 12.9. The molecule has 4 aliphatic carbocycles. The second-order valence-corrected chi connectivity index (χ2v) is 15.6. The van der Waals surface area contributed by atoms with E-state index in [0.717, 1.165) is 58.0 Å². The Bertz CT molecular complexity index is 1010. The third-order valence-corrected chi connectivity index (χ3v) is 13.5. The lowest BCUT2D eigenvalue weighted by molar-refractivity contribution is -0.273. The summed E-state index contributed by atoms with van der Waals surface area (Å²) in [5, 5.41) is 0. The Morgan fingerprint density at radius 1 is 0.892 bits per heavy atom. The van der Waals surface area contributed by atoms with Gasteiger partial charge in [0.15, 0.2) is 5.79 Å². The summed E-state index contributed by atoms with van der Waals surface area (Å²) in [6.07, 6.45) is 8.42. The molecule has 6 rings (SSSR count). The fourth-order valence-corrected chi connectivity index (χ4v) is 11.2. The van der Waals surface area contributed by atoms with Crippen molar-refractivity contribution in [2.24, 2.45) is 52.3 Å². The van der Waals surface area contributed by atoms with Crippen molar-refractivity contribution in [3.8, 4) is 0 Å². The minimum atomic E-state index is -5.55. The lowest BCUT2D eigenvalue weighted by Crippen LogP contribution is -2.55. The lowest BCUT2D eigenvalue weighted by atomic mass is 9.44. The molecule has 2 saturated heterocycles. The van der Waals surface area contributed by atoms with Crippen molar-refractivity contribution in [2.45, 2.75) is 115 Å². The van der Waals surface area contributed by atoms with Gasteiger partial charge in [0, 0.05) is 12.3 Å². The van der Waals surface area contributed by atoms with Crippen LogP contribution >= 0.6 is 0 Å². The van der Waals surface area contributed by atoms with Crippen LogP contribution in [0.2, 0.25) is 0 Å². The Morgan fingerprint density at radius 3 is 2.30 bits per heavy atom. The molecule has 7 unspecified atom stereocenters. The minimum Gasteiger partial charge on any atom is -0.349 e. The van der Waals surface area contributed by atoms with Gasteiger partial charge in [0.2, 0.25) is 0 Å². The molecule has 0 amide bonds. The molecule has 37 heavy (non-hydrogen) atoms. The molecule has 0 aromatic heterocycles. The van der Waals surface area contributed by atoms with E-state index in [0.29, 0.717) is 48.3 Å². The molecular formula is C28H43F3O5S. The van der Waals surface area contributed by atoms with Crippen molar-refractivity contribution in [1.82, 2.24) is 0 Å². The largest absolute Gasteiger partial charge is 0.523 e. The Labute approximate surface area is 219 Å². The van der Waals surface area contributed by atoms with Gasteiger partial charge in [-0.2, -0.15) is 21.6 Å². The predicted octanol–water partition coefficient (Wildman–Crippen LogP) is 6.67. The van der Waals surface area contributed by atoms with Crippen LogP contribution in [0.1, 0.15) is 91.9 Å². The number of hydrogen-bond acceptors (Lipinski definition) is 5. The van der Waals surface area contributed by atoms with Gasteiger partial charge < -0.3 is 9.47 Å². The van der Waals surface area contributed by atoms with Gasteiger partial charge >= 0.3 is 15.6 Å². The standard InChI is InChI=1S/C28H43F3O5S/c1-16-7-12-27(34-15-16)17(2)24-23(35-27)14-22-20-6-5-18-13-19(36-37(32,33)28(29,30)31)8-10-25(18,3)21(20)9-11-26(22,24)4/h16-24H,5-15H2,1-4H3/t16-,17+,18?,19+,20?,21?,22?,23?,24?,25+,26+,27?/m1/s1. The summed E-state index contributed by atoms with van der Waals surface area (Å²) < 4.78 is 79.9. The molecule has 0 bridgehead atoms. The molecule has 2 heterocycles. The van der Waals surface area contributed by atoms with Crippen LogP contribution in [-0.2, 0) is 23.8 Å². The zero-order chi connectivity index (χ0) is 26.6. The normalized spacial score (nSPS) is 53.9. The molecule has 212 valence electrons.